The first-order valence-electron chi connectivity index (χ1n) is 13.0. The summed E-state index contributed by atoms with van der Waals surface area (Å²) in [6.07, 6.45) is 17.4. The largest absolute Gasteiger partial charge is 0.381 e. The molecule has 1 nitrogen and oxygen atoms in total. The van der Waals surface area contributed by atoms with Crippen LogP contribution >= 0.6 is 0 Å². The van der Waals surface area contributed by atoms with Crippen molar-refractivity contribution in [1.82, 2.24) is 0 Å². The molecule has 3 rings (SSSR count). The molecule has 2 fully saturated rings. The third-order valence-electron chi connectivity index (χ3n) is 10.1. The lowest BCUT2D eigenvalue weighted by molar-refractivity contribution is -0.0351. The predicted octanol–water partition coefficient (Wildman–Crippen LogP) is 8.45. The van der Waals surface area contributed by atoms with Gasteiger partial charge in [-0.05, 0) is 84.9 Å². The van der Waals surface area contributed by atoms with E-state index in [9.17, 15) is 0 Å². The van der Waals surface area contributed by atoms with E-state index in [1.165, 1.54) is 57.8 Å². The van der Waals surface area contributed by atoms with Crippen LogP contribution < -0.4 is 0 Å². The molecule has 0 heterocycles. The fraction of sp³-hybridized carbons (Fsp3) is 0.862. The molecule has 8 atom stereocenters. The van der Waals surface area contributed by atoms with Crippen molar-refractivity contribution in [3.05, 3.63) is 24.3 Å². The number of ether oxygens (including phenoxy) is 1. The Morgan fingerprint density at radius 2 is 1.90 bits per heavy atom. The fourth-order valence-electron chi connectivity index (χ4n) is 7.85. The quantitative estimate of drug-likeness (QED) is 0.362. The first-order valence-corrected chi connectivity index (χ1v) is 13.0. The maximum Gasteiger partial charge on any atom is 0.0574 e. The summed E-state index contributed by atoms with van der Waals surface area (Å²) in [5.41, 5.74) is 2.59. The summed E-state index contributed by atoms with van der Waals surface area (Å²) < 4.78 is 5.76. The molecular weight excluding hydrogens is 364 g/mol. The zero-order valence-corrected chi connectivity index (χ0v) is 21.2. The summed E-state index contributed by atoms with van der Waals surface area (Å²) in [7, 11) is 1.91. The zero-order chi connectivity index (χ0) is 22.1. The minimum absolute atomic E-state index is 0.347. The summed E-state index contributed by atoms with van der Waals surface area (Å²) >= 11 is 0. The zero-order valence-electron chi connectivity index (χ0n) is 21.2. The number of hydrogen-bond acceptors (Lipinski definition) is 1. The standard InChI is InChI=1S/C29H50O/c1-9-26(21(4)12-10-11-20(2)3)28(6)18-16-27-25(22(28)5)14-13-23-19-24(30-8)15-17-29(23,27)7/h9,16,20-26H,1,10-15,17-19H2,2-8H3. The summed E-state index contributed by atoms with van der Waals surface area (Å²) in [5.74, 6) is 4.50. The van der Waals surface area contributed by atoms with Crippen LogP contribution in [0.2, 0.25) is 0 Å². The molecular formula is C29H50O. The molecule has 0 bridgehead atoms. The lowest BCUT2D eigenvalue weighted by Gasteiger charge is -2.58. The number of rotatable bonds is 8. The fourth-order valence-corrected chi connectivity index (χ4v) is 7.85. The Balaban J connectivity index is 1.79. The van der Waals surface area contributed by atoms with Crippen LogP contribution in [0, 0.1) is 46.3 Å². The number of hydrogen-bond donors (Lipinski definition) is 0. The van der Waals surface area contributed by atoms with Crippen LogP contribution in [-0.4, -0.2) is 13.2 Å². The van der Waals surface area contributed by atoms with E-state index in [1.807, 2.05) is 12.7 Å². The van der Waals surface area contributed by atoms with Crippen molar-refractivity contribution in [1.29, 1.82) is 0 Å². The Kier molecular flexibility index (Phi) is 7.64. The van der Waals surface area contributed by atoms with Crippen molar-refractivity contribution in [3.63, 3.8) is 0 Å². The molecule has 0 aliphatic heterocycles. The SMILES string of the molecule is C=CC(C(C)CCCC(C)C)C1(C)CC=C2C(CCC3CC(OC)CCC23C)C1C. The van der Waals surface area contributed by atoms with E-state index >= 15 is 0 Å². The van der Waals surface area contributed by atoms with Gasteiger partial charge in [-0.25, -0.2) is 0 Å². The maximum atomic E-state index is 5.76. The Hall–Kier alpha value is -0.560. The Morgan fingerprint density at radius 1 is 1.17 bits per heavy atom. The summed E-state index contributed by atoms with van der Waals surface area (Å²) in [6, 6.07) is 0. The van der Waals surface area contributed by atoms with Crippen LogP contribution in [0.1, 0.15) is 99.3 Å². The van der Waals surface area contributed by atoms with Gasteiger partial charge in [0, 0.05) is 7.11 Å². The highest BCUT2D eigenvalue weighted by Gasteiger charge is 2.54. The number of fused-ring (bicyclic) bond motifs is 3. The minimum atomic E-state index is 0.347. The molecule has 1 heteroatoms. The average Bonchev–Trinajstić information content (AvgIpc) is 2.70. The molecule has 0 aromatic heterocycles. The van der Waals surface area contributed by atoms with Gasteiger partial charge < -0.3 is 4.74 Å². The molecule has 0 radical (unpaired) electrons. The molecule has 0 saturated heterocycles. The third kappa shape index (κ3) is 4.35. The Bertz CT molecular complexity index is 618. The lowest BCUT2D eigenvalue weighted by Crippen LogP contribution is -2.50. The van der Waals surface area contributed by atoms with Crippen LogP contribution in [0.15, 0.2) is 24.3 Å². The van der Waals surface area contributed by atoms with Crippen molar-refractivity contribution in [3.8, 4) is 0 Å². The highest BCUT2D eigenvalue weighted by Crippen LogP contribution is 2.62. The minimum Gasteiger partial charge on any atom is -0.381 e. The van der Waals surface area contributed by atoms with Crippen LogP contribution in [0.5, 0.6) is 0 Å². The topological polar surface area (TPSA) is 9.23 Å². The van der Waals surface area contributed by atoms with Crippen molar-refractivity contribution < 1.29 is 4.74 Å². The molecule has 2 saturated carbocycles. The smallest absolute Gasteiger partial charge is 0.0574 e. The van der Waals surface area contributed by atoms with Gasteiger partial charge in [0.2, 0.25) is 0 Å². The van der Waals surface area contributed by atoms with E-state index < -0.39 is 0 Å². The molecule has 3 aliphatic rings. The van der Waals surface area contributed by atoms with Crippen molar-refractivity contribution >= 4 is 0 Å². The molecule has 0 aromatic carbocycles. The summed E-state index contributed by atoms with van der Waals surface area (Å²) in [5, 5.41) is 0. The first-order chi connectivity index (χ1) is 14.2. The van der Waals surface area contributed by atoms with Gasteiger partial charge in [0.15, 0.2) is 0 Å². The molecule has 0 aromatic rings. The van der Waals surface area contributed by atoms with E-state index in [0.29, 0.717) is 22.9 Å². The van der Waals surface area contributed by atoms with Crippen LogP contribution in [0.25, 0.3) is 0 Å². The average molecular weight is 415 g/mol. The predicted molar refractivity (Wildman–Crippen MR) is 130 cm³/mol. The lowest BCUT2D eigenvalue weighted by atomic mass is 9.47. The Labute approximate surface area is 188 Å². The number of methoxy groups -OCH3 is 1. The van der Waals surface area contributed by atoms with Gasteiger partial charge in [-0.3, -0.25) is 0 Å². The molecule has 30 heavy (non-hydrogen) atoms. The highest BCUT2D eigenvalue weighted by atomic mass is 16.5. The molecule has 8 unspecified atom stereocenters. The van der Waals surface area contributed by atoms with Crippen molar-refractivity contribution in [2.45, 2.75) is 105 Å². The normalized spacial score (nSPS) is 40.9. The molecule has 0 spiro atoms. The summed E-state index contributed by atoms with van der Waals surface area (Å²) in [6.45, 7) is 19.3. The second-order valence-corrected chi connectivity index (χ2v) is 12.2. The van der Waals surface area contributed by atoms with Crippen LogP contribution in [0.4, 0.5) is 0 Å². The van der Waals surface area contributed by atoms with Gasteiger partial charge in [0.05, 0.1) is 6.10 Å². The van der Waals surface area contributed by atoms with Crippen molar-refractivity contribution in [2.75, 3.05) is 7.11 Å². The second-order valence-electron chi connectivity index (χ2n) is 12.2. The van der Waals surface area contributed by atoms with Crippen LogP contribution in [0.3, 0.4) is 0 Å². The molecule has 0 amide bonds. The van der Waals surface area contributed by atoms with Gasteiger partial charge in [0.25, 0.3) is 0 Å². The van der Waals surface area contributed by atoms with Gasteiger partial charge in [-0.1, -0.05) is 78.5 Å². The number of allylic oxidation sites excluding steroid dienone is 3. The van der Waals surface area contributed by atoms with E-state index in [1.54, 1.807) is 0 Å². The molecule has 0 N–H and O–H groups in total. The first kappa shape index (κ1) is 24.1. The Morgan fingerprint density at radius 3 is 2.53 bits per heavy atom. The maximum absolute atomic E-state index is 5.76. The molecule has 3 aliphatic carbocycles. The van der Waals surface area contributed by atoms with E-state index in [-0.39, 0.29) is 0 Å². The van der Waals surface area contributed by atoms with Crippen molar-refractivity contribution in [2.24, 2.45) is 46.3 Å². The second kappa shape index (κ2) is 9.51. The van der Waals surface area contributed by atoms with Crippen LogP contribution in [-0.2, 0) is 4.74 Å². The van der Waals surface area contributed by atoms with E-state index in [4.69, 9.17) is 4.74 Å². The monoisotopic (exact) mass is 414 g/mol. The van der Waals surface area contributed by atoms with E-state index in [0.717, 1.165) is 29.6 Å². The van der Waals surface area contributed by atoms with Gasteiger partial charge >= 0.3 is 0 Å². The van der Waals surface area contributed by atoms with Gasteiger partial charge in [0.1, 0.15) is 0 Å². The van der Waals surface area contributed by atoms with Gasteiger partial charge in [-0.2, -0.15) is 0 Å². The van der Waals surface area contributed by atoms with E-state index in [2.05, 4.69) is 60.3 Å². The highest BCUT2D eigenvalue weighted by molar-refractivity contribution is 5.28. The van der Waals surface area contributed by atoms with Gasteiger partial charge in [-0.15, -0.1) is 6.58 Å². The summed E-state index contributed by atoms with van der Waals surface area (Å²) in [4.78, 5) is 0. The third-order valence-corrected chi connectivity index (χ3v) is 10.1. The molecule has 172 valence electrons.